The lowest BCUT2D eigenvalue weighted by Crippen LogP contribution is -2.05. The van der Waals surface area contributed by atoms with Gasteiger partial charge in [-0.2, -0.15) is 0 Å². The van der Waals surface area contributed by atoms with Gasteiger partial charge in [-0.05, 0) is 47.8 Å². The molecule has 4 aliphatic heterocycles. The fraction of sp³-hybridized carbons (Fsp3) is 0. The monoisotopic (exact) mass is 432 g/mol. The third kappa shape index (κ3) is 2.12. The van der Waals surface area contributed by atoms with E-state index in [1.165, 1.54) is 12.1 Å². The Kier molecular flexibility index (Phi) is 3.28. The van der Waals surface area contributed by atoms with Crippen molar-refractivity contribution in [3.8, 4) is 11.5 Å². The molecular weight excluding hydrogens is 424 g/mol. The number of carbonyl (C=O) groups is 4. The van der Waals surface area contributed by atoms with E-state index in [0.29, 0.717) is 37.6 Å². The standard InChI is InChI=1S/C22H8O6S2/c1-7-9-3-14-11(4-13(9)27-19(7)23)17(20(24)28-14)18-12-6-15-10(8(2)21(25)29-15)5-16(12)30-22(18)26/h3-6H,1-2H2/b18-17+. The molecule has 0 N–H and O–H groups in total. The van der Waals surface area contributed by atoms with Crippen molar-refractivity contribution in [2.24, 2.45) is 0 Å². The van der Waals surface area contributed by atoms with Gasteiger partial charge in [0, 0.05) is 37.6 Å². The maximum atomic E-state index is 12.9. The number of hydrogen-bond acceptors (Lipinski definition) is 8. The Morgan fingerprint density at radius 3 is 2.00 bits per heavy atom. The SMILES string of the molecule is C=C1C(=O)Oc2cc3c(cc21)OC(=O)/C3=C1/C(=O)Sc2cc3c(cc21)SC(=O)C3=C. The molecule has 0 spiro atoms. The Bertz CT molecular complexity index is 1290. The van der Waals surface area contributed by atoms with E-state index in [1.54, 1.807) is 12.1 Å². The Morgan fingerprint density at radius 2 is 1.20 bits per heavy atom. The first kappa shape index (κ1) is 17.5. The predicted octanol–water partition coefficient (Wildman–Crippen LogP) is 3.73. The van der Waals surface area contributed by atoms with Gasteiger partial charge in [0.1, 0.15) is 11.5 Å². The first-order valence-electron chi connectivity index (χ1n) is 8.72. The van der Waals surface area contributed by atoms with Crippen LogP contribution in [-0.4, -0.2) is 22.2 Å². The third-order valence-electron chi connectivity index (χ3n) is 5.31. The summed E-state index contributed by atoms with van der Waals surface area (Å²) in [7, 11) is 0. The maximum Gasteiger partial charge on any atom is 0.345 e. The summed E-state index contributed by atoms with van der Waals surface area (Å²) in [5, 5.41) is -0.431. The molecular formula is C22H8O6S2. The highest BCUT2D eigenvalue weighted by Gasteiger charge is 2.41. The molecule has 4 aliphatic rings. The van der Waals surface area contributed by atoms with E-state index in [-0.39, 0.29) is 38.4 Å². The van der Waals surface area contributed by atoms with E-state index in [2.05, 4.69) is 13.2 Å². The molecule has 30 heavy (non-hydrogen) atoms. The molecule has 0 bridgehead atoms. The van der Waals surface area contributed by atoms with Crippen molar-refractivity contribution in [3.05, 3.63) is 59.7 Å². The zero-order valence-electron chi connectivity index (χ0n) is 15.0. The van der Waals surface area contributed by atoms with Crippen LogP contribution >= 0.6 is 23.5 Å². The van der Waals surface area contributed by atoms with E-state index in [1.807, 2.05) is 0 Å². The lowest BCUT2D eigenvalue weighted by molar-refractivity contribution is -0.127. The van der Waals surface area contributed by atoms with Gasteiger partial charge >= 0.3 is 11.9 Å². The summed E-state index contributed by atoms with van der Waals surface area (Å²) < 4.78 is 10.6. The average Bonchev–Trinajstić information content (AvgIpc) is 3.36. The van der Waals surface area contributed by atoms with Crippen molar-refractivity contribution < 1.29 is 28.7 Å². The number of fused-ring (bicyclic) bond motifs is 4. The summed E-state index contributed by atoms with van der Waals surface area (Å²) in [6.45, 7) is 7.49. The zero-order valence-corrected chi connectivity index (χ0v) is 16.6. The summed E-state index contributed by atoms with van der Waals surface area (Å²) in [5.74, 6) is -0.712. The highest BCUT2D eigenvalue weighted by Crippen LogP contribution is 2.53. The molecule has 0 amide bonds. The molecule has 0 atom stereocenters. The van der Waals surface area contributed by atoms with Gasteiger partial charge in [0.2, 0.25) is 10.2 Å². The van der Waals surface area contributed by atoms with Crippen LogP contribution in [0.2, 0.25) is 0 Å². The Hall–Kier alpha value is -3.36. The molecule has 0 radical (unpaired) electrons. The van der Waals surface area contributed by atoms with E-state index in [9.17, 15) is 19.2 Å². The minimum absolute atomic E-state index is 0.116. The van der Waals surface area contributed by atoms with Crippen molar-refractivity contribution in [1.82, 2.24) is 0 Å². The number of thioether (sulfide) groups is 2. The van der Waals surface area contributed by atoms with Crippen LogP contribution in [-0.2, 0) is 19.2 Å². The van der Waals surface area contributed by atoms with Crippen molar-refractivity contribution >= 4 is 68.0 Å². The van der Waals surface area contributed by atoms with Gasteiger partial charge in [0.05, 0.1) is 16.7 Å². The number of benzene rings is 2. The summed E-state index contributed by atoms with van der Waals surface area (Å²) in [5.41, 5.74) is 3.02. The van der Waals surface area contributed by atoms with Crippen molar-refractivity contribution in [2.45, 2.75) is 9.79 Å². The minimum Gasteiger partial charge on any atom is -0.422 e. The van der Waals surface area contributed by atoms with Gasteiger partial charge in [-0.25, -0.2) is 9.59 Å². The van der Waals surface area contributed by atoms with Crippen LogP contribution in [0.25, 0.3) is 22.3 Å². The van der Waals surface area contributed by atoms with Crippen molar-refractivity contribution in [1.29, 1.82) is 0 Å². The zero-order chi connectivity index (χ0) is 20.9. The van der Waals surface area contributed by atoms with E-state index in [4.69, 9.17) is 9.47 Å². The van der Waals surface area contributed by atoms with Gasteiger partial charge in [-0.15, -0.1) is 0 Å². The Morgan fingerprint density at radius 1 is 0.600 bits per heavy atom. The van der Waals surface area contributed by atoms with E-state index in [0.717, 1.165) is 23.5 Å². The lowest BCUT2D eigenvalue weighted by Gasteiger charge is -2.06. The molecule has 144 valence electrons. The average molecular weight is 432 g/mol. The van der Waals surface area contributed by atoms with Crippen LogP contribution < -0.4 is 9.47 Å². The second-order valence-electron chi connectivity index (χ2n) is 6.95. The van der Waals surface area contributed by atoms with Crippen LogP contribution in [0.15, 0.2) is 47.2 Å². The molecule has 2 aromatic rings. The van der Waals surface area contributed by atoms with Crippen LogP contribution in [0.3, 0.4) is 0 Å². The van der Waals surface area contributed by atoms with Crippen LogP contribution in [0.1, 0.15) is 22.3 Å². The van der Waals surface area contributed by atoms with Gasteiger partial charge in [-0.1, -0.05) is 13.2 Å². The van der Waals surface area contributed by atoms with Gasteiger partial charge in [0.15, 0.2) is 0 Å². The Labute approximate surface area is 177 Å². The van der Waals surface area contributed by atoms with E-state index < -0.39 is 11.9 Å². The third-order valence-corrected chi connectivity index (χ3v) is 7.25. The summed E-state index contributed by atoms with van der Waals surface area (Å²) in [6, 6.07) is 6.55. The summed E-state index contributed by atoms with van der Waals surface area (Å²) in [4.78, 5) is 50.8. The number of rotatable bonds is 0. The molecule has 0 fully saturated rings. The highest BCUT2D eigenvalue weighted by molar-refractivity contribution is 8.16. The normalized spacial score (nSPS) is 20.9. The topological polar surface area (TPSA) is 86.7 Å². The molecule has 6 nitrogen and oxygen atoms in total. The fourth-order valence-electron chi connectivity index (χ4n) is 3.86. The van der Waals surface area contributed by atoms with Crippen LogP contribution in [0.5, 0.6) is 11.5 Å². The van der Waals surface area contributed by atoms with Crippen LogP contribution in [0.4, 0.5) is 0 Å². The summed E-state index contributed by atoms with van der Waals surface area (Å²) >= 11 is 2.04. The number of ether oxygens (including phenoxy) is 2. The second kappa shape index (κ2) is 5.62. The first-order valence-corrected chi connectivity index (χ1v) is 10.3. The largest absolute Gasteiger partial charge is 0.422 e. The highest BCUT2D eigenvalue weighted by atomic mass is 32.2. The number of hydrogen-bond donors (Lipinski definition) is 0. The Balaban J connectivity index is 1.59. The van der Waals surface area contributed by atoms with Crippen LogP contribution in [0, 0.1) is 0 Å². The van der Waals surface area contributed by atoms with Gasteiger partial charge in [0.25, 0.3) is 0 Å². The van der Waals surface area contributed by atoms with Gasteiger partial charge in [-0.3, -0.25) is 9.59 Å². The molecule has 0 aromatic heterocycles. The molecule has 2 aromatic carbocycles. The van der Waals surface area contributed by atoms with E-state index >= 15 is 0 Å². The lowest BCUT2D eigenvalue weighted by atomic mass is 9.94. The quantitative estimate of drug-likeness (QED) is 0.354. The predicted molar refractivity (Wildman–Crippen MR) is 111 cm³/mol. The molecule has 0 aliphatic carbocycles. The molecule has 8 heteroatoms. The molecule has 6 rings (SSSR count). The maximum absolute atomic E-state index is 12.9. The second-order valence-corrected chi connectivity index (χ2v) is 8.98. The number of carbonyl (C=O) groups excluding carboxylic acids is 4. The molecule has 4 heterocycles. The molecule has 0 saturated heterocycles. The minimum atomic E-state index is -0.656. The van der Waals surface area contributed by atoms with Gasteiger partial charge < -0.3 is 9.47 Å². The molecule has 0 saturated carbocycles. The molecule has 0 unspecified atom stereocenters. The van der Waals surface area contributed by atoms with Crippen molar-refractivity contribution in [2.75, 3.05) is 0 Å². The number of esters is 2. The first-order chi connectivity index (χ1) is 14.3. The smallest absolute Gasteiger partial charge is 0.345 e. The van der Waals surface area contributed by atoms with Crippen molar-refractivity contribution in [3.63, 3.8) is 0 Å². The fourth-order valence-corrected chi connectivity index (χ4v) is 5.72. The summed E-state index contributed by atoms with van der Waals surface area (Å²) in [6.07, 6.45) is 0.